The van der Waals surface area contributed by atoms with Gasteiger partial charge in [0.1, 0.15) is 12.2 Å². The molecule has 6 rings (SSSR count). The number of ether oxygens (including phenoxy) is 2. The van der Waals surface area contributed by atoms with E-state index in [1.165, 1.54) is 37.7 Å². The van der Waals surface area contributed by atoms with Crippen LogP contribution in [0.5, 0.6) is 0 Å². The molecular weight excluding hydrogens is 608 g/mol. The van der Waals surface area contributed by atoms with Crippen LogP contribution in [-0.4, -0.2) is 24.1 Å². The van der Waals surface area contributed by atoms with Gasteiger partial charge in [0.05, 0.1) is 11.1 Å². The Morgan fingerprint density at radius 2 is 1.43 bits per heavy atom. The number of esters is 2. The van der Waals surface area contributed by atoms with Crippen LogP contribution in [0.4, 0.5) is 11.4 Å². The highest BCUT2D eigenvalue weighted by molar-refractivity contribution is 5.91. The van der Waals surface area contributed by atoms with Crippen molar-refractivity contribution in [2.45, 2.75) is 118 Å². The van der Waals surface area contributed by atoms with Crippen molar-refractivity contribution < 1.29 is 19.1 Å². The van der Waals surface area contributed by atoms with Crippen molar-refractivity contribution in [1.29, 1.82) is 0 Å². The minimum atomic E-state index is -0.424. The first kappa shape index (κ1) is 35.5. The van der Waals surface area contributed by atoms with Crippen molar-refractivity contribution in [3.8, 4) is 0 Å². The van der Waals surface area contributed by atoms with Crippen LogP contribution in [0.1, 0.15) is 127 Å². The molecule has 4 N–H and O–H groups in total. The van der Waals surface area contributed by atoms with E-state index in [2.05, 4.69) is 54.5 Å². The van der Waals surface area contributed by atoms with Gasteiger partial charge in [-0.1, -0.05) is 58.4 Å². The van der Waals surface area contributed by atoms with Gasteiger partial charge in [0.2, 0.25) is 0 Å². The lowest BCUT2D eigenvalue weighted by molar-refractivity contribution is -0.219. The highest BCUT2D eigenvalue weighted by Crippen LogP contribution is 2.71. The van der Waals surface area contributed by atoms with Gasteiger partial charge in [0.25, 0.3) is 0 Å². The van der Waals surface area contributed by atoms with Crippen LogP contribution in [0.25, 0.3) is 0 Å². The van der Waals surface area contributed by atoms with Crippen molar-refractivity contribution in [3.05, 3.63) is 71.3 Å². The third kappa shape index (κ3) is 6.54. The number of hydrogen-bond acceptors (Lipinski definition) is 6. The molecule has 2 aromatic carbocycles. The molecule has 0 heterocycles. The van der Waals surface area contributed by atoms with Gasteiger partial charge in [-0.25, -0.2) is 9.59 Å². The number of carbonyl (C=O) groups is 2. The molecule has 0 saturated heterocycles. The van der Waals surface area contributed by atoms with Gasteiger partial charge in [0.15, 0.2) is 0 Å². The Hall–Kier alpha value is -3.28. The summed E-state index contributed by atoms with van der Waals surface area (Å²) in [6, 6.07) is 14.1. The Kier molecular flexibility index (Phi) is 9.76. The van der Waals surface area contributed by atoms with Crippen molar-refractivity contribution in [2.75, 3.05) is 11.5 Å². The quantitative estimate of drug-likeness (QED) is 0.165. The molecule has 4 fully saturated rings. The number of fused-ring (bicyclic) bond motifs is 5. The standard InChI is InChI=1S/C43H60N2O4/c1-26(2)11-8-12-27(3)33-17-18-34-32-25-36(48-39(46)28-13-9-15-30(44)23-28)38-41(4,5)37(49-40(47)29-14-10-16-31(45)24-29)20-22-43(38,7)35(32)19-21-42(33,34)6/h9-11,13-16,23-24,27,32-38H,8,12,17-22,25,44-45H2,1-7H3. The number of benzene rings is 2. The van der Waals surface area contributed by atoms with Crippen LogP contribution in [0.2, 0.25) is 0 Å². The summed E-state index contributed by atoms with van der Waals surface area (Å²) in [7, 11) is 0. The second-order valence-corrected chi connectivity index (χ2v) is 17.6. The van der Waals surface area contributed by atoms with Gasteiger partial charge in [0, 0.05) is 22.7 Å². The molecule has 10 unspecified atom stereocenters. The highest BCUT2D eigenvalue weighted by atomic mass is 16.6. The molecule has 10 atom stereocenters. The first-order chi connectivity index (χ1) is 23.1. The number of rotatable bonds is 8. The van der Waals surface area contributed by atoms with Crippen LogP contribution in [-0.2, 0) is 9.47 Å². The van der Waals surface area contributed by atoms with E-state index < -0.39 is 5.41 Å². The van der Waals surface area contributed by atoms with Crippen LogP contribution in [0, 0.1) is 51.8 Å². The second kappa shape index (κ2) is 13.5. The van der Waals surface area contributed by atoms with Crippen LogP contribution < -0.4 is 11.5 Å². The smallest absolute Gasteiger partial charge is 0.338 e. The Morgan fingerprint density at radius 1 is 0.837 bits per heavy atom. The third-order valence-electron chi connectivity index (χ3n) is 14.1. The Morgan fingerprint density at radius 3 is 2.04 bits per heavy atom. The lowest BCUT2D eigenvalue weighted by Gasteiger charge is -2.66. The van der Waals surface area contributed by atoms with E-state index in [9.17, 15) is 9.59 Å². The fraction of sp³-hybridized carbons (Fsp3) is 0.628. The molecule has 266 valence electrons. The van der Waals surface area contributed by atoms with E-state index >= 15 is 0 Å². The number of nitrogen functional groups attached to an aromatic ring is 2. The summed E-state index contributed by atoms with van der Waals surface area (Å²) in [4.78, 5) is 27.4. The summed E-state index contributed by atoms with van der Waals surface area (Å²) >= 11 is 0. The zero-order chi connectivity index (χ0) is 35.3. The van der Waals surface area contributed by atoms with Crippen LogP contribution in [0.3, 0.4) is 0 Å². The van der Waals surface area contributed by atoms with E-state index in [-0.39, 0.29) is 35.5 Å². The lowest BCUT2D eigenvalue weighted by atomic mass is 9.40. The van der Waals surface area contributed by atoms with Crippen molar-refractivity contribution in [1.82, 2.24) is 0 Å². The van der Waals surface area contributed by atoms with Crippen molar-refractivity contribution >= 4 is 23.3 Å². The third-order valence-corrected chi connectivity index (χ3v) is 14.1. The van der Waals surface area contributed by atoms with E-state index in [0.717, 1.165) is 31.6 Å². The number of anilines is 2. The van der Waals surface area contributed by atoms with E-state index in [4.69, 9.17) is 20.9 Å². The fourth-order valence-electron chi connectivity index (χ4n) is 12.1. The topological polar surface area (TPSA) is 105 Å². The maximum Gasteiger partial charge on any atom is 0.338 e. The summed E-state index contributed by atoms with van der Waals surface area (Å²) in [5, 5.41) is 0. The number of nitrogens with two attached hydrogens (primary N) is 2. The van der Waals surface area contributed by atoms with Crippen LogP contribution >= 0.6 is 0 Å². The Balaban J connectivity index is 1.31. The van der Waals surface area contributed by atoms with E-state index in [0.29, 0.717) is 51.6 Å². The molecule has 6 nitrogen and oxygen atoms in total. The van der Waals surface area contributed by atoms with Crippen LogP contribution in [0.15, 0.2) is 60.2 Å². The Bertz CT molecular complexity index is 1580. The zero-order valence-electron chi connectivity index (χ0n) is 31.0. The van der Waals surface area contributed by atoms with Gasteiger partial charge < -0.3 is 20.9 Å². The Labute approximate surface area is 294 Å². The highest BCUT2D eigenvalue weighted by Gasteiger charge is 2.67. The average molecular weight is 669 g/mol. The summed E-state index contributed by atoms with van der Waals surface area (Å²) in [5.74, 6) is 2.44. The van der Waals surface area contributed by atoms with Gasteiger partial charge in [-0.15, -0.1) is 0 Å². The lowest BCUT2D eigenvalue weighted by Crippen LogP contribution is -2.64. The van der Waals surface area contributed by atoms with Gasteiger partial charge in [-0.05, 0) is 148 Å². The summed E-state index contributed by atoms with van der Waals surface area (Å²) in [6.45, 7) is 16.4. The van der Waals surface area contributed by atoms with E-state index in [1.54, 1.807) is 42.5 Å². The molecule has 6 heteroatoms. The number of hydrogen-bond donors (Lipinski definition) is 2. The van der Waals surface area contributed by atoms with Gasteiger partial charge >= 0.3 is 11.9 Å². The monoisotopic (exact) mass is 668 g/mol. The van der Waals surface area contributed by atoms with Crippen molar-refractivity contribution in [2.24, 2.45) is 51.8 Å². The van der Waals surface area contributed by atoms with Gasteiger partial charge in [-0.2, -0.15) is 0 Å². The predicted octanol–water partition coefficient (Wildman–Crippen LogP) is 9.89. The first-order valence-corrected chi connectivity index (χ1v) is 18.9. The second-order valence-electron chi connectivity index (χ2n) is 17.6. The largest absolute Gasteiger partial charge is 0.458 e. The molecule has 0 radical (unpaired) electrons. The maximum absolute atomic E-state index is 13.9. The molecule has 0 spiro atoms. The van der Waals surface area contributed by atoms with Crippen molar-refractivity contribution in [3.63, 3.8) is 0 Å². The summed E-state index contributed by atoms with van der Waals surface area (Å²) in [6.07, 6.45) is 11.8. The van der Waals surface area contributed by atoms with E-state index in [1.807, 2.05) is 6.07 Å². The number of allylic oxidation sites excluding steroid dienone is 2. The minimum Gasteiger partial charge on any atom is -0.458 e. The normalized spacial score (nSPS) is 35.2. The molecule has 0 aromatic heterocycles. The molecule has 4 saturated carbocycles. The summed E-state index contributed by atoms with van der Waals surface area (Å²) in [5.41, 5.74) is 15.4. The molecule has 0 amide bonds. The molecule has 0 bridgehead atoms. The SMILES string of the molecule is CC(C)=CCCC(C)C1CCC2C3CC(OC(=O)c4cccc(N)c4)C4C(C)(C)C(OC(=O)c5cccc(N)c5)CCC4(C)C3CCC12C. The summed E-state index contributed by atoms with van der Waals surface area (Å²) < 4.78 is 13.0. The predicted molar refractivity (Wildman–Crippen MR) is 198 cm³/mol. The first-order valence-electron chi connectivity index (χ1n) is 18.9. The molecule has 49 heavy (non-hydrogen) atoms. The number of carbonyl (C=O) groups excluding carboxylic acids is 2. The fourth-order valence-corrected chi connectivity index (χ4v) is 12.1. The molecule has 4 aliphatic carbocycles. The minimum absolute atomic E-state index is 0.0307. The van der Waals surface area contributed by atoms with Gasteiger partial charge in [-0.3, -0.25) is 0 Å². The zero-order valence-corrected chi connectivity index (χ0v) is 31.0. The molecule has 0 aliphatic heterocycles. The average Bonchev–Trinajstić information content (AvgIpc) is 3.39. The molecule has 4 aliphatic rings. The maximum atomic E-state index is 13.9. The molecular formula is C43H60N2O4. The molecule has 2 aromatic rings.